The highest BCUT2D eigenvalue weighted by molar-refractivity contribution is 7.99. The van der Waals surface area contributed by atoms with Crippen LogP contribution in [-0.2, 0) is 16.1 Å². The number of nitrogens with one attached hydrogen (secondary N) is 1. The van der Waals surface area contributed by atoms with E-state index in [4.69, 9.17) is 0 Å². The third-order valence-electron chi connectivity index (χ3n) is 4.60. The van der Waals surface area contributed by atoms with Crippen molar-refractivity contribution in [3.8, 4) is 0 Å². The highest BCUT2D eigenvalue weighted by Crippen LogP contribution is 2.20. The van der Waals surface area contributed by atoms with Crippen molar-refractivity contribution in [1.82, 2.24) is 10.2 Å². The summed E-state index contributed by atoms with van der Waals surface area (Å²) in [5.74, 6) is 0.571. The second-order valence-electron chi connectivity index (χ2n) is 6.99. The van der Waals surface area contributed by atoms with Crippen molar-refractivity contribution in [1.29, 1.82) is 0 Å². The number of likely N-dealkylation sites (N-methyl/N-ethyl adjacent to an activating group) is 1. The van der Waals surface area contributed by atoms with Crippen molar-refractivity contribution < 1.29 is 9.59 Å². The predicted molar refractivity (Wildman–Crippen MR) is 116 cm³/mol. The van der Waals surface area contributed by atoms with Gasteiger partial charge in [-0.1, -0.05) is 47.5 Å². The molecule has 0 bridgehead atoms. The largest absolute Gasteiger partial charge is 0.355 e. The molecule has 2 amide bonds. The molecule has 0 radical (unpaired) electrons. The van der Waals surface area contributed by atoms with Gasteiger partial charge < -0.3 is 10.2 Å². The lowest BCUT2D eigenvalue weighted by Crippen LogP contribution is -2.47. The molecule has 0 spiro atoms. The molecule has 2 rings (SSSR count). The molecule has 1 unspecified atom stereocenters. The zero-order valence-electron chi connectivity index (χ0n) is 17.2. The van der Waals surface area contributed by atoms with Crippen LogP contribution in [0.3, 0.4) is 0 Å². The minimum Gasteiger partial charge on any atom is -0.355 e. The molecule has 0 saturated heterocycles. The van der Waals surface area contributed by atoms with E-state index in [-0.39, 0.29) is 11.8 Å². The van der Waals surface area contributed by atoms with Crippen LogP contribution in [0.1, 0.15) is 37.0 Å². The molecule has 150 valence electrons. The van der Waals surface area contributed by atoms with Crippen LogP contribution in [0.15, 0.2) is 53.4 Å². The van der Waals surface area contributed by atoms with Crippen molar-refractivity contribution in [3.05, 3.63) is 65.2 Å². The molecule has 1 N–H and O–H groups in total. The predicted octanol–water partition coefficient (Wildman–Crippen LogP) is 4.34. The highest BCUT2D eigenvalue weighted by Gasteiger charge is 2.25. The number of rotatable bonds is 9. The maximum absolute atomic E-state index is 12.9. The molecule has 0 saturated carbocycles. The molecule has 4 nitrogen and oxygen atoms in total. The van der Waals surface area contributed by atoms with Gasteiger partial charge >= 0.3 is 0 Å². The molecule has 1 atom stereocenters. The fourth-order valence-corrected chi connectivity index (χ4v) is 3.67. The number of amides is 2. The molecule has 5 heteroatoms. The molecule has 2 aromatic rings. The third-order valence-corrected chi connectivity index (χ3v) is 5.61. The fraction of sp³-hybridized carbons (Fsp3) is 0.391. The van der Waals surface area contributed by atoms with Crippen molar-refractivity contribution >= 4 is 23.6 Å². The second kappa shape index (κ2) is 10.9. The summed E-state index contributed by atoms with van der Waals surface area (Å²) in [4.78, 5) is 28.1. The van der Waals surface area contributed by atoms with E-state index in [0.29, 0.717) is 25.3 Å². The number of aryl methyl sites for hydroxylation is 2. The van der Waals surface area contributed by atoms with Gasteiger partial charge in [0.2, 0.25) is 11.8 Å². The van der Waals surface area contributed by atoms with Crippen LogP contribution in [0.5, 0.6) is 0 Å². The van der Waals surface area contributed by atoms with E-state index in [0.717, 1.165) is 10.5 Å². The van der Waals surface area contributed by atoms with Gasteiger partial charge in [0, 0.05) is 30.2 Å². The molecule has 0 aromatic heterocycles. The molecule has 0 fully saturated rings. The lowest BCUT2D eigenvalue weighted by atomic mass is 10.1. The number of hydrogen-bond donors (Lipinski definition) is 1. The normalized spacial score (nSPS) is 11.7. The van der Waals surface area contributed by atoms with Gasteiger partial charge in [0.15, 0.2) is 0 Å². The van der Waals surface area contributed by atoms with E-state index in [9.17, 15) is 9.59 Å². The Labute approximate surface area is 172 Å². The number of hydrogen-bond acceptors (Lipinski definition) is 3. The van der Waals surface area contributed by atoms with E-state index in [1.807, 2.05) is 38.1 Å². The number of nitrogens with zero attached hydrogens (tertiary/aromatic N) is 1. The number of carbonyl (C=O) groups is 2. The zero-order valence-corrected chi connectivity index (χ0v) is 18.0. The van der Waals surface area contributed by atoms with Crippen molar-refractivity contribution in [2.24, 2.45) is 0 Å². The Morgan fingerprint density at radius 3 is 2.14 bits per heavy atom. The Kier molecular flexibility index (Phi) is 8.58. The van der Waals surface area contributed by atoms with Crippen LogP contribution < -0.4 is 5.32 Å². The van der Waals surface area contributed by atoms with Crippen LogP contribution in [0.25, 0.3) is 0 Å². The summed E-state index contributed by atoms with van der Waals surface area (Å²) in [5, 5.41) is 2.82. The second-order valence-corrected chi connectivity index (χ2v) is 8.16. The first-order valence-electron chi connectivity index (χ1n) is 9.73. The average Bonchev–Trinajstić information content (AvgIpc) is 2.68. The molecule has 0 aliphatic heterocycles. The standard InChI is InChI=1S/C23H30N2O2S/c1-5-24-23(27)19(4)25(16-20-10-6-17(2)7-11-20)22(26)14-15-28-21-12-8-18(3)9-13-21/h6-13,19H,5,14-16H2,1-4H3,(H,24,27). The summed E-state index contributed by atoms with van der Waals surface area (Å²) in [6.07, 6.45) is 0.397. The van der Waals surface area contributed by atoms with E-state index in [1.165, 1.54) is 11.1 Å². The van der Waals surface area contributed by atoms with Gasteiger partial charge in [0.1, 0.15) is 6.04 Å². The SMILES string of the molecule is CCNC(=O)C(C)N(Cc1ccc(C)cc1)C(=O)CCSc1ccc(C)cc1. The summed E-state index contributed by atoms with van der Waals surface area (Å²) in [7, 11) is 0. The van der Waals surface area contributed by atoms with Crippen LogP contribution in [0.4, 0.5) is 0 Å². The zero-order chi connectivity index (χ0) is 20.5. The van der Waals surface area contributed by atoms with Gasteiger partial charge in [0.05, 0.1) is 0 Å². The smallest absolute Gasteiger partial charge is 0.242 e. The van der Waals surface area contributed by atoms with Crippen molar-refractivity contribution in [2.45, 2.75) is 51.6 Å². The van der Waals surface area contributed by atoms with Crippen LogP contribution in [0.2, 0.25) is 0 Å². The number of benzene rings is 2. The van der Waals surface area contributed by atoms with Gasteiger partial charge in [-0.15, -0.1) is 11.8 Å². The molecule has 0 aliphatic rings. The summed E-state index contributed by atoms with van der Waals surface area (Å²) < 4.78 is 0. The summed E-state index contributed by atoms with van der Waals surface area (Å²) in [6.45, 7) is 8.76. The van der Waals surface area contributed by atoms with E-state index >= 15 is 0 Å². The number of carbonyl (C=O) groups excluding carboxylic acids is 2. The first kappa shape index (κ1) is 22.0. The van der Waals surface area contributed by atoms with Crippen LogP contribution >= 0.6 is 11.8 Å². The van der Waals surface area contributed by atoms with Gasteiger partial charge in [-0.2, -0.15) is 0 Å². The number of thioether (sulfide) groups is 1. The lowest BCUT2D eigenvalue weighted by molar-refractivity contribution is -0.140. The first-order valence-corrected chi connectivity index (χ1v) is 10.7. The average molecular weight is 399 g/mol. The monoisotopic (exact) mass is 398 g/mol. The van der Waals surface area contributed by atoms with E-state index < -0.39 is 6.04 Å². The van der Waals surface area contributed by atoms with Crippen LogP contribution in [-0.4, -0.2) is 35.1 Å². The maximum Gasteiger partial charge on any atom is 0.242 e. The summed E-state index contributed by atoms with van der Waals surface area (Å²) >= 11 is 1.67. The fourth-order valence-electron chi connectivity index (χ4n) is 2.83. The first-order chi connectivity index (χ1) is 13.4. The van der Waals surface area contributed by atoms with Gasteiger partial charge in [-0.25, -0.2) is 0 Å². The molecular formula is C23H30N2O2S. The van der Waals surface area contributed by atoms with Gasteiger partial charge in [-0.05, 0) is 45.4 Å². The Balaban J connectivity index is 2.03. The van der Waals surface area contributed by atoms with Crippen molar-refractivity contribution in [2.75, 3.05) is 12.3 Å². The van der Waals surface area contributed by atoms with Gasteiger partial charge in [0.25, 0.3) is 0 Å². The summed E-state index contributed by atoms with van der Waals surface area (Å²) in [6, 6.07) is 15.9. The maximum atomic E-state index is 12.9. The van der Waals surface area contributed by atoms with Crippen molar-refractivity contribution in [3.63, 3.8) is 0 Å². The van der Waals surface area contributed by atoms with E-state index in [1.54, 1.807) is 23.6 Å². The Hall–Kier alpha value is -2.27. The molecule has 0 aliphatic carbocycles. The minimum atomic E-state index is -0.502. The molecule has 28 heavy (non-hydrogen) atoms. The van der Waals surface area contributed by atoms with Crippen LogP contribution in [0, 0.1) is 13.8 Å². The third kappa shape index (κ3) is 6.71. The quantitative estimate of drug-likeness (QED) is 0.639. The molecule has 2 aromatic carbocycles. The lowest BCUT2D eigenvalue weighted by Gasteiger charge is -2.28. The Bertz CT molecular complexity index is 772. The highest BCUT2D eigenvalue weighted by atomic mass is 32.2. The molecule has 0 heterocycles. The van der Waals surface area contributed by atoms with Gasteiger partial charge in [-0.3, -0.25) is 9.59 Å². The van der Waals surface area contributed by atoms with E-state index in [2.05, 4.69) is 36.5 Å². The summed E-state index contributed by atoms with van der Waals surface area (Å²) in [5.41, 5.74) is 3.43. The molecular weight excluding hydrogens is 368 g/mol. The minimum absolute atomic E-state index is 0.000982. The Morgan fingerprint density at radius 2 is 1.57 bits per heavy atom. The topological polar surface area (TPSA) is 49.4 Å². The Morgan fingerprint density at radius 1 is 1.00 bits per heavy atom.